The zero-order valence-electron chi connectivity index (χ0n) is 11.2. The van der Waals surface area contributed by atoms with Crippen LogP contribution in [-0.4, -0.2) is 44.2 Å². The molecule has 0 spiro atoms. The van der Waals surface area contributed by atoms with Crippen LogP contribution in [0.4, 0.5) is 0 Å². The van der Waals surface area contributed by atoms with Crippen molar-refractivity contribution in [3.63, 3.8) is 0 Å². The molecule has 4 heteroatoms. The summed E-state index contributed by atoms with van der Waals surface area (Å²) < 4.78 is 10.7. The van der Waals surface area contributed by atoms with Crippen LogP contribution in [0.1, 0.15) is 25.0 Å². The Hall–Kier alpha value is -0.840. The highest BCUT2D eigenvalue weighted by Gasteiger charge is 2.15. The molecule has 1 aliphatic heterocycles. The number of ether oxygens (including phenoxy) is 1. The van der Waals surface area contributed by atoms with Crippen LogP contribution in [0.25, 0.3) is 0 Å². The first-order valence-electron chi connectivity index (χ1n) is 6.86. The van der Waals surface area contributed by atoms with Crippen LogP contribution in [0.3, 0.4) is 0 Å². The van der Waals surface area contributed by atoms with Crippen molar-refractivity contribution in [3.05, 3.63) is 24.2 Å². The third kappa shape index (κ3) is 4.80. The lowest BCUT2D eigenvalue weighted by Crippen LogP contribution is -2.41. The Morgan fingerprint density at radius 3 is 3.00 bits per heavy atom. The molecule has 0 aromatic carbocycles. The van der Waals surface area contributed by atoms with Crippen molar-refractivity contribution < 1.29 is 9.15 Å². The molecule has 0 radical (unpaired) electrons. The minimum Gasteiger partial charge on any atom is -0.467 e. The summed E-state index contributed by atoms with van der Waals surface area (Å²) in [5, 5.41) is 3.61. The maximum absolute atomic E-state index is 5.54. The average molecular weight is 252 g/mol. The van der Waals surface area contributed by atoms with E-state index < -0.39 is 0 Å². The Morgan fingerprint density at radius 1 is 1.44 bits per heavy atom. The second kappa shape index (κ2) is 7.56. The zero-order valence-corrected chi connectivity index (χ0v) is 11.2. The van der Waals surface area contributed by atoms with Crippen LogP contribution >= 0.6 is 0 Å². The number of rotatable bonds is 7. The van der Waals surface area contributed by atoms with Crippen molar-refractivity contribution >= 4 is 0 Å². The van der Waals surface area contributed by atoms with Crippen LogP contribution in [0.15, 0.2) is 22.8 Å². The molecule has 102 valence electrons. The highest BCUT2D eigenvalue weighted by atomic mass is 16.5. The zero-order chi connectivity index (χ0) is 12.6. The third-order valence-corrected chi connectivity index (χ3v) is 3.44. The molecule has 1 N–H and O–H groups in total. The third-order valence-electron chi connectivity index (χ3n) is 3.44. The first-order chi connectivity index (χ1) is 8.84. The van der Waals surface area contributed by atoms with Gasteiger partial charge in [0.05, 0.1) is 6.26 Å². The molecule has 1 aliphatic rings. The Labute approximate surface area is 109 Å². The summed E-state index contributed by atoms with van der Waals surface area (Å²) >= 11 is 0. The Bertz CT molecular complexity index is 306. The van der Waals surface area contributed by atoms with E-state index >= 15 is 0 Å². The molecule has 1 saturated heterocycles. The van der Waals surface area contributed by atoms with E-state index in [-0.39, 0.29) is 0 Å². The van der Waals surface area contributed by atoms with E-state index in [1.807, 2.05) is 12.1 Å². The van der Waals surface area contributed by atoms with Gasteiger partial charge < -0.3 is 19.4 Å². The minimum atomic E-state index is 0.585. The second-order valence-corrected chi connectivity index (χ2v) is 5.02. The van der Waals surface area contributed by atoms with Gasteiger partial charge in [-0.15, -0.1) is 0 Å². The van der Waals surface area contributed by atoms with Gasteiger partial charge in [-0.2, -0.15) is 0 Å². The number of likely N-dealkylation sites (tertiary alicyclic amines) is 1. The molecule has 4 nitrogen and oxygen atoms in total. The van der Waals surface area contributed by atoms with Crippen molar-refractivity contribution in [2.24, 2.45) is 0 Å². The van der Waals surface area contributed by atoms with E-state index in [9.17, 15) is 0 Å². The van der Waals surface area contributed by atoms with Gasteiger partial charge >= 0.3 is 0 Å². The summed E-state index contributed by atoms with van der Waals surface area (Å²) in [6, 6.07) is 4.53. The number of nitrogens with one attached hydrogen (secondary N) is 1. The predicted molar refractivity (Wildman–Crippen MR) is 71.5 cm³/mol. The maximum Gasteiger partial charge on any atom is 0.129 e. The molecule has 2 rings (SSSR count). The molecule has 0 unspecified atom stereocenters. The lowest BCUT2D eigenvalue weighted by Gasteiger charge is -2.29. The highest BCUT2D eigenvalue weighted by molar-refractivity contribution is 4.95. The van der Waals surface area contributed by atoms with Gasteiger partial charge in [-0.1, -0.05) is 0 Å². The largest absolute Gasteiger partial charge is 0.467 e. The monoisotopic (exact) mass is 252 g/mol. The SMILES string of the molecule is CN1CCC(NCCCOCc2ccco2)CC1. The van der Waals surface area contributed by atoms with E-state index in [4.69, 9.17) is 9.15 Å². The smallest absolute Gasteiger partial charge is 0.129 e. The molecular weight excluding hydrogens is 228 g/mol. The van der Waals surface area contributed by atoms with Gasteiger partial charge in [0.25, 0.3) is 0 Å². The summed E-state index contributed by atoms with van der Waals surface area (Å²) in [5.41, 5.74) is 0. The van der Waals surface area contributed by atoms with E-state index in [0.717, 1.165) is 25.3 Å². The minimum absolute atomic E-state index is 0.585. The van der Waals surface area contributed by atoms with Gasteiger partial charge in [-0.3, -0.25) is 0 Å². The van der Waals surface area contributed by atoms with E-state index in [1.165, 1.54) is 25.9 Å². The quantitative estimate of drug-likeness (QED) is 0.752. The average Bonchev–Trinajstić information content (AvgIpc) is 2.89. The number of hydrogen-bond acceptors (Lipinski definition) is 4. The molecule has 1 aromatic heterocycles. The molecule has 1 fully saturated rings. The fourth-order valence-corrected chi connectivity index (χ4v) is 2.26. The van der Waals surface area contributed by atoms with Gasteiger partial charge in [0.1, 0.15) is 12.4 Å². The van der Waals surface area contributed by atoms with Crippen LogP contribution in [0.5, 0.6) is 0 Å². The van der Waals surface area contributed by atoms with E-state index in [1.54, 1.807) is 6.26 Å². The van der Waals surface area contributed by atoms with E-state index in [2.05, 4.69) is 17.3 Å². The van der Waals surface area contributed by atoms with Gasteiger partial charge in [-0.05, 0) is 58.1 Å². The Kier molecular flexibility index (Phi) is 5.71. The number of furan rings is 1. The van der Waals surface area contributed by atoms with Gasteiger partial charge in [0.2, 0.25) is 0 Å². The van der Waals surface area contributed by atoms with Crippen molar-refractivity contribution in [1.29, 1.82) is 0 Å². The highest BCUT2D eigenvalue weighted by Crippen LogP contribution is 2.08. The summed E-state index contributed by atoms with van der Waals surface area (Å²) in [6.07, 6.45) is 5.28. The first kappa shape index (κ1) is 13.6. The Morgan fingerprint density at radius 2 is 2.28 bits per heavy atom. The molecule has 0 bridgehead atoms. The molecule has 18 heavy (non-hydrogen) atoms. The first-order valence-corrected chi connectivity index (χ1v) is 6.86. The van der Waals surface area contributed by atoms with Gasteiger partial charge in [0, 0.05) is 12.6 Å². The van der Waals surface area contributed by atoms with Crippen LogP contribution in [0.2, 0.25) is 0 Å². The second-order valence-electron chi connectivity index (χ2n) is 5.02. The predicted octanol–water partition coefficient (Wildman–Crippen LogP) is 1.87. The van der Waals surface area contributed by atoms with Crippen LogP contribution in [-0.2, 0) is 11.3 Å². The topological polar surface area (TPSA) is 37.6 Å². The molecule has 2 heterocycles. The summed E-state index contributed by atoms with van der Waals surface area (Å²) in [5.74, 6) is 0.901. The summed E-state index contributed by atoms with van der Waals surface area (Å²) in [6.45, 7) is 4.85. The standard InChI is InChI=1S/C14H24N2O2/c1-16-8-5-13(6-9-16)15-7-3-10-17-12-14-4-2-11-18-14/h2,4,11,13,15H,3,5-10,12H2,1H3. The lowest BCUT2D eigenvalue weighted by atomic mass is 10.1. The lowest BCUT2D eigenvalue weighted by molar-refractivity contribution is 0.103. The number of piperidine rings is 1. The Balaban J connectivity index is 1.44. The molecule has 0 saturated carbocycles. The van der Waals surface area contributed by atoms with Crippen molar-refractivity contribution in [3.8, 4) is 0 Å². The van der Waals surface area contributed by atoms with Gasteiger partial charge in [-0.25, -0.2) is 0 Å². The van der Waals surface area contributed by atoms with Crippen molar-refractivity contribution in [2.45, 2.75) is 31.9 Å². The fraction of sp³-hybridized carbons (Fsp3) is 0.714. The maximum atomic E-state index is 5.54. The van der Waals surface area contributed by atoms with E-state index in [0.29, 0.717) is 12.6 Å². The van der Waals surface area contributed by atoms with Crippen LogP contribution in [0, 0.1) is 0 Å². The summed E-state index contributed by atoms with van der Waals surface area (Å²) in [4.78, 5) is 2.39. The van der Waals surface area contributed by atoms with Gasteiger partial charge in [0.15, 0.2) is 0 Å². The molecule has 0 aliphatic carbocycles. The number of nitrogens with zero attached hydrogens (tertiary/aromatic N) is 1. The molecular formula is C14H24N2O2. The fourth-order valence-electron chi connectivity index (χ4n) is 2.26. The van der Waals surface area contributed by atoms with Crippen molar-refractivity contribution in [1.82, 2.24) is 10.2 Å². The van der Waals surface area contributed by atoms with Crippen LogP contribution < -0.4 is 5.32 Å². The molecule has 1 aromatic rings. The molecule has 0 amide bonds. The number of hydrogen-bond donors (Lipinski definition) is 1. The molecule has 0 atom stereocenters. The van der Waals surface area contributed by atoms with Crippen molar-refractivity contribution in [2.75, 3.05) is 33.3 Å². The summed E-state index contributed by atoms with van der Waals surface area (Å²) in [7, 11) is 2.19. The normalized spacial score (nSPS) is 18.3.